The summed E-state index contributed by atoms with van der Waals surface area (Å²) in [5.41, 5.74) is 5.73. The van der Waals surface area contributed by atoms with Gasteiger partial charge in [-0.25, -0.2) is 0 Å². The normalized spacial score (nSPS) is 16.2. The molecule has 0 bridgehead atoms. The summed E-state index contributed by atoms with van der Waals surface area (Å²) in [6.45, 7) is 7.51. The van der Waals surface area contributed by atoms with E-state index in [1.54, 1.807) is 0 Å². The Morgan fingerprint density at radius 3 is 1.92 bits per heavy atom. The van der Waals surface area contributed by atoms with Crippen molar-refractivity contribution in [3.63, 3.8) is 0 Å². The lowest BCUT2D eigenvalue weighted by atomic mass is 10.0. The summed E-state index contributed by atoms with van der Waals surface area (Å²) < 4.78 is 0. The molecule has 0 fully saturated rings. The fourth-order valence-corrected chi connectivity index (χ4v) is 1.95. The first-order valence-electron chi connectivity index (χ1n) is 5.63. The van der Waals surface area contributed by atoms with Gasteiger partial charge in [-0.3, -0.25) is 4.90 Å². The van der Waals surface area contributed by atoms with E-state index in [1.165, 1.54) is 19.3 Å². The highest BCUT2D eigenvalue weighted by molar-refractivity contribution is 4.75. The topological polar surface area (TPSA) is 29.3 Å². The van der Waals surface area contributed by atoms with Crippen LogP contribution in [0, 0.1) is 0 Å². The molecule has 2 atom stereocenters. The third kappa shape index (κ3) is 4.10. The predicted molar refractivity (Wildman–Crippen MR) is 59.9 cm³/mol. The lowest BCUT2D eigenvalue weighted by Crippen LogP contribution is -2.43. The van der Waals surface area contributed by atoms with Crippen LogP contribution in [0.3, 0.4) is 0 Å². The highest BCUT2D eigenvalue weighted by Gasteiger charge is 2.17. The van der Waals surface area contributed by atoms with E-state index in [1.807, 2.05) is 0 Å². The monoisotopic (exact) mass is 186 g/mol. The van der Waals surface area contributed by atoms with Gasteiger partial charge in [0.15, 0.2) is 0 Å². The zero-order chi connectivity index (χ0) is 10.3. The highest BCUT2D eigenvalue weighted by Crippen LogP contribution is 2.13. The van der Waals surface area contributed by atoms with Gasteiger partial charge in [-0.15, -0.1) is 0 Å². The first-order valence-corrected chi connectivity index (χ1v) is 5.63. The van der Waals surface area contributed by atoms with Crippen molar-refractivity contribution in [3.05, 3.63) is 0 Å². The maximum absolute atomic E-state index is 5.73. The molecule has 2 N–H and O–H groups in total. The molecule has 2 nitrogen and oxygen atoms in total. The molecule has 0 spiro atoms. The highest BCUT2D eigenvalue weighted by atomic mass is 15.2. The molecule has 2 unspecified atom stereocenters. The first-order chi connectivity index (χ1) is 6.21. The Morgan fingerprint density at radius 2 is 1.62 bits per heavy atom. The maximum Gasteiger partial charge on any atom is 0.0215 e. The molecule has 80 valence electrons. The lowest BCUT2D eigenvalue weighted by molar-refractivity contribution is 0.158. The fourth-order valence-electron chi connectivity index (χ4n) is 1.95. The quantitative estimate of drug-likeness (QED) is 0.660. The van der Waals surface area contributed by atoms with Crippen LogP contribution in [0.2, 0.25) is 0 Å². The molecule has 0 rings (SSSR count). The standard InChI is InChI=1S/C11H26N2/c1-5-8-10(6-2)13(4)11(7-3)9-12/h10-11H,5-9,12H2,1-4H3. The zero-order valence-corrected chi connectivity index (χ0v) is 9.71. The summed E-state index contributed by atoms with van der Waals surface area (Å²) >= 11 is 0. The van der Waals surface area contributed by atoms with E-state index < -0.39 is 0 Å². The molecule has 0 saturated carbocycles. The van der Waals surface area contributed by atoms with Crippen molar-refractivity contribution in [3.8, 4) is 0 Å². The van der Waals surface area contributed by atoms with Crippen LogP contribution in [0.25, 0.3) is 0 Å². The van der Waals surface area contributed by atoms with Gasteiger partial charge in [-0.05, 0) is 26.3 Å². The van der Waals surface area contributed by atoms with Gasteiger partial charge in [-0.2, -0.15) is 0 Å². The van der Waals surface area contributed by atoms with Gasteiger partial charge >= 0.3 is 0 Å². The number of nitrogens with two attached hydrogens (primary N) is 1. The number of hydrogen-bond donors (Lipinski definition) is 1. The van der Waals surface area contributed by atoms with Crippen LogP contribution >= 0.6 is 0 Å². The summed E-state index contributed by atoms with van der Waals surface area (Å²) in [5.74, 6) is 0. The van der Waals surface area contributed by atoms with Crippen LogP contribution in [0.15, 0.2) is 0 Å². The fraction of sp³-hybridized carbons (Fsp3) is 1.00. The zero-order valence-electron chi connectivity index (χ0n) is 9.71. The molecule has 0 aliphatic heterocycles. The second-order valence-corrected chi connectivity index (χ2v) is 3.81. The molecule has 0 radical (unpaired) electrons. The van der Waals surface area contributed by atoms with E-state index in [0.29, 0.717) is 6.04 Å². The van der Waals surface area contributed by atoms with Crippen LogP contribution in [-0.2, 0) is 0 Å². The first kappa shape index (κ1) is 12.9. The molecule has 0 aliphatic rings. The summed E-state index contributed by atoms with van der Waals surface area (Å²) in [6, 6.07) is 1.29. The molecule has 0 aromatic carbocycles. The molecule has 0 amide bonds. The Bertz CT molecular complexity index is 111. The van der Waals surface area contributed by atoms with Gasteiger partial charge < -0.3 is 5.73 Å². The molecular formula is C11H26N2. The third-order valence-corrected chi connectivity index (χ3v) is 2.99. The van der Waals surface area contributed by atoms with Crippen LogP contribution in [0.5, 0.6) is 0 Å². The minimum atomic E-state index is 0.566. The number of likely N-dealkylation sites (N-methyl/N-ethyl adjacent to an activating group) is 1. The summed E-state index contributed by atoms with van der Waals surface area (Å²) in [7, 11) is 2.21. The smallest absolute Gasteiger partial charge is 0.0215 e. The predicted octanol–water partition coefficient (Wildman–Crippen LogP) is 2.23. The minimum absolute atomic E-state index is 0.566. The van der Waals surface area contributed by atoms with Gasteiger partial charge in [0.05, 0.1) is 0 Å². The SMILES string of the molecule is CCCC(CC)N(C)C(CC)CN. The minimum Gasteiger partial charge on any atom is -0.329 e. The molecule has 0 saturated heterocycles. The molecule has 0 aliphatic carbocycles. The van der Waals surface area contributed by atoms with E-state index in [-0.39, 0.29) is 0 Å². The van der Waals surface area contributed by atoms with E-state index in [4.69, 9.17) is 5.73 Å². The average Bonchev–Trinajstić information content (AvgIpc) is 2.15. The van der Waals surface area contributed by atoms with Crippen molar-refractivity contribution in [2.45, 2.75) is 58.5 Å². The summed E-state index contributed by atoms with van der Waals surface area (Å²) in [4.78, 5) is 2.46. The van der Waals surface area contributed by atoms with Crippen LogP contribution in [0.1, 0.15) is 46.5 Å². The Morgan fingerprint density at radius 1 is 1.08 bits per heavy atom. The molecule has 13 heavy (non-hydrogen) atoms. The molecule has 0 heterocycles. The third-order valence-electron chi connectivity index (χ3n) is 2.99. The maximum atomic E-state index is 5.73. The van der Waals surface area contributed by atoms with E-state index >= 15 is 0 Å². The Hall–Kier alpha value is -0.0800. The summed E-state index contributed by atoms with van der Waals surface area (Å²) in [5, 5.41) is 0. The van der Waals surface area contributed by atoms with Gasteiger partial charge in [0.2, 0.25) is 0 Å². The van der Waals surface area contributed by atoms with Gasteiger partial charge in [0.1, 0.15) is 0 Å². The van der Waals surface area contributed by atoms with Gasteiger partial charge in [0.25, 0.3) is 0 Å². The van der Waals surface area contributed by atoms with E-state index in [0.717, 1.165) is 19.0 Å². The lowest BCUT2D eigenvalue weighted by Gasteiger charge is -2.33. The Labute approximate surface area is 83.5 Å². The van der Waals surface area contributed by atoms with Crippen molar-refractivity contribution in [2.24, 2.45) is 5.73 Å². The van der Waals surface area contributed by atoms with Crippen molar-refractivity contribution in [1.29, 1.82) is 0 Å². The van der Waals surface area contributed by atoms with E-state index in [9.17, 15) is 0 Å². The molecule has 2 heteroatoms. The van der Waals surface area contributed by atoms with E-state index in [2.05, 4.69) is 32.7 Å². The number of hydrogen-bond acceptors (Lipinski definition) is 2. The van der Waals surface area contributed by atoms with Crippen molar-refractivity contribution in [2.75, 3.05) is 13.6 Å². The molecule has 0 aromatic rings. The second kappa shape index (κ2) is 7.34. The van der Waals surface area contributed by atoms with Crippen LogP contribution in [0.4, 0.5) is 0 Å². The second-order valence-electron chi connectivity index (χ2n) is 3.81. The summed E-state index contributed by atoms with van der Waals surface area (Å²) in [6.07, 6.45) is 4.96. The Balaban J connectivity index is 4.07. The van der Waals surface area contributed by atoms with Gasteiger partial charge in [-0.1, -0.05) is 27.2 Å². The Kier molecular flexibility index (Phi) is 7.29. The molecular weight excluding hydrogens is 160 g/mol. The van der Waals surface area contributed by atoms with Crippen LogP contribution < -0.4 is 5.73 Å². The number of nitrogens with zero attached hydrogens (tertiary/aromatic N) is 1. The average molecular weight is 186 g/mol. The van der Waals surface area contributed by atoms with Crippen molar-refractivity contribution < 1.29 is 0 Å². The number of rotatable bonds is 7. The van der Waals surface area contributed by atoms with Crippen LogP contribution in [-0.4, -0.2) is 30.6 Å². The largest absolute Gasteiger partial charge is 0.329 e. The van der Waals surface area contributed by atoms with Crippen molar-refractivity contribution in [1.82, 2.24) is 4.90 Å². The van der Waals surface area contributed by atoms with Crippen molar-refractivity contribution >= 4 is 0 Å². The molecule has 0 aromatic heterocycles. The van der Waals surface area contributed by atoms with Gasteiger partial charge in [0, 0.05) is 18.6 Å².